The lowest BCUT2D eigenvalue weighted by molar-refractivity contribution is -0.150. The Labute approximate surface area is 105 Å². The van der Waals surface area contributed by atoms with E-state index in [1.54, 1.807) is 11.8 Å². The van der Waals surface area contributed by atoms with Gasteiger partial charge in [0.05, 0.1) is 6.61 Å². The zero-order valence-corrected chi connectivity index (χ0v) is 10.8. The smallest absolute Gasteiger partial charge is 0.327 e. The number of rotatable bonds is 7. The summed E-state index contributed by atoms with van der Waals surface area (Å²) in [5.41, 5.74) is 7.62. The van der Waals surface area contributed by atoms with Gasteiger partial charge in [0.2, 0.25) is 0 Å². The number of thioether (sulfide) groups is 1. The molecule has 0 amide bonds. The quantitative estimate of drug-likeness (QED) is 0.247. The van der Waals surface area contributed by atoms with Crippen LogP contribution in [-0.2, 0) is 9.53 Å². The fourth-order valence-corrected chi connectivity index (χ4v) is 3.08. The first kappa shape index (κ1) is 14.2. The standard InChI is InChI=1S/C10H18N4O2S/c1-2-16-9(15)10(4-7-17-8-10)12-5-3-6-13-14-11/h12H,2-8H2,1H3. The van der Waals surface area contributed by atoms with Gasteiger partial charge in [0.1, 0.15) is 5.54 Å². The van der Waals surface area contributed by atoms with Crippen molar-refractivity contribution < 1.29 is 9.53 Å². The average molecular weight is 258 g/mol. The Bertz CT molecular complexity index is 299. The maximum Gasteiger partial charge on any atom is 0.327 e. The molecule has 0 aromatic rings. The number of carbonyl (C=O) groups is 1. The normalized spacial score (nSPS) is 23.1. The summed E-state index contributed by atoms with van der Waals surface area (Å²) in [4.78, 5) is 14.6. The fraction of sp³-hybridized carbons (Fsp3) is 0.900. The highest BCUT2D eigenvalue weighted by Crippen LogP contribution is 2.29. The van der Waals surface area contributed by atoms with Gasteiger partial charge in [0, 0.05) is 17.2 Å². The van der Waals surface area contributed by atoms with Crippen LogP contribution >= 0.6 is 11.8 Å². The van der Waals surface area contributed by atoms with Gasteiger partial charge in [-0.25, -0.2) is 0 Å². The monoisotopic (exact) mass is 258 g/mol. The molecular formula is C10H18N4O2S. The molecule has 0 aromatic carbocycles. The zero-order valence-electron chi connectivity index (χ0n) is 10.0. The number of ether oxygens (including phenoxy) is 1. The number of hydrogen-bond acceptors (Lipinski definition) is 5. The summed E-state index contributed by atoms with van der Waals surface area (Å²) in [5.74, 6) is 1.57. The predicted molar refractivity (Wildman–Crippen MR) is 67.9 cm³/mol. The van der Waals surface area contributed by atoms with Gasteiger partial charge in [-0.1, -0.05) is 5.11 Å². The second-order valence-electron chi connectivity index (χ2n) is 3.84. The fourth-order valence-electron chi connectivity index (χ4n) is 1.73. The largest absolute Gasteiger partial charge is 0.465 e. The molecule has 1 atom stereocenters. The van der Waals surface area contributed by atoms with Crippen molar-refractivity contribution in [1.29, 1.82) is 0 Å². The minimum atomic E-state index is -0.531. The van der Waals surface area contributed by atoms with E-state index in [1.807, 2.05) is 6.92 Å². The Morgan fingerprint density at radius 2 is 2.53 bits per heavy atom. The van der Waals surface area contributed by atoms with Crippen molar-refractivity contribution in [3.05, 3.63) is 10.4 Å². The first-order valence-electron chi connectivity index (χ1n) is 5.76. The van der Waals surface area contributed by atoms with Crippen LogP contribution in [0.2, 0.25) is 0 Å². The van der Waals surface area contributed by atoms with Crippen LogP contribution in [0.4, 0.5) is 0 Å². The van der Waals surface area contributed by atoms with Gasteiger partial charge >= 0.3 is 5.97 Å². The van der Waals surface area contributed by atoms with E-state index in [2.05, 4.69) is 15.3 Å². The van der Waals surface area contributed by atoms with Gasteiger partial charge in [-0.15, -0.1) is 0 Å². The average Bonchev–Trinajstić information content (AvgIpc) is 2.79. The molecule has 0 radical (unpaired) electrons. The number of nitrogens with zero attached hydrogens (tertiary/aromatic N) is 3. The Kier molecular flexibility index (Phi) is 6.18. The van der Waals surface area contributed by atoms with Crippen molar-refractivity contribution in [2.45, 2.75) is 25.3 Å². The molecule has 0 bridgehead atoms. The first-order valence-corrected chi connectivity index (χ1v) is 6.91. The van der Waals surface area contributed by atoms with Gasteiger partial charge in [-0.2, -0.15) is 11.8 Å². The molecular weight excluding hydrogens is 240 g/mol. The summed E-state index contributed by atoms with van der Waals surface area (Å²) >= 11 is 1.76. The van der Waals surface area contributed by atoms with Crippen LogP contribution in [0.3, 0.4) is 0 Å². The van der Waals surface area contributed by atoms with Crippen LogP contribution in [0, 0.1) is 0 Å². The lowest BCUT2D eigenvalue weighted by Gasteiger charge is -2.27. The Hall–Kier alpha value is -0.910. The second-order valence-corrected chi connectivity index (χ2v) is 4.95. The van der Waals surface area contributed by atoms with E-state index in [0.717, 1.165) is 24.3 Å². The van der Waals surface area contributed by atoms with Crippen molar-refractivity contribution in [3.63, 3.8) is 0 Å². The van der Waals surface area contributed by atoms with Gasteiger partial charge in [0.25, 0.3) is 0 Å². The van der Waals surface area contributed by atoms with E-state index in [4.69, 9.17) is 10.3 Å². The molecule has 1 aliphatic rings. The Balaban J connectivity index is 2.42. The summed E-state index contributed by atoms with van der Waals surface area (Å²) in [7, 11) is 0. The van der Waals surface area contributed by atoms with Gasteiger partial charge < -0.3 is 10.1 Å². The first-order chi connectivity index (χ1) is 8.25. The van der Waals surface area contributed by atoms with Crippen LogP contribution in [0.25, 0.3) is 10.4 Å². The molecule has 0 spiro atoms. The SMILES string of the molecule is CCOC(=O)C1(NCCCN=[N+]=[N-])CCSC1. The van der Waals surface area contributed by atoms with E-state index in [1.165, 1.54) is 0 Å². The van der Waals surface area contributed by atoms with Gasteiger partial charge in [0.15, 0.2) is 0 Å². The number of hydrogen-bond donors (Lipinski definition) is 1. The number of esters is 1. The molecule has 1 rings (SSSR count). The highest BCUT2D eigenvalue weighted by atomic mass is 32.2. The molecule has 1 fully saturated rings. The molecule has 17 heavy (non-hydrogen) atoms. The lowest BCUT2D eigenvalue weighted by Crippen LogP contribution is -2.53. The molecule has 1 heterocycles. The van der Waals surface area contributed by atoms with Crippen molar-refractivity contribution >= 4 is 17.7 Å². The Morgan fingerprint density at radius 3 is 3.12 bits per heavy atom. The third-order valence-corrected chi connectivity index (χ3v) is 3.84. The molecule has 0 aliphatic carbocycles. The van der Waals surface area contributed by atoms with Crippen molar-refractivity contribution in [2.75, 3.05) is 31.2 Å². The van der Waals surface area contributed by atoms with Gasteiger partial charge in [-0.3, -0.25) is 4.79 Å². The molecule has 6 nitrogen and oxygen atoms in total. The number of nitrogens with one attached hydrogen (secondary N) is 1. The summed E-state index contributed by atoms with van der Waals surface area (Å²) in [6.45, 7) is 3.34. The van der Waals surface area contributed by atoms with Crippen LogP contribution in [-0.4, -0.2) is 42.7 Å². The summed E-state index contributed by atoms with van der Waals surface area (Å²) in [6.07, 6.45) is 1.54. The summed E-state index contributed by atoms with van der Waals surface area (Å²) < 4.78 is 5.11. The van der Waals surface area contributed by atoms with Crippen LogP contribution < -0.4 is 5.32 Å². The van der Waals surface area contributed by atoms with E-state index < -0.39 is 5.54 Å². The van der Waals surface area contributed by atoms with E-state index in [0.29, 0.717) is 19.7 Å². The third-order valence-electron chi connectivity index (χ3n) is 2.65. The van der Waals surface area contributed by atoms with E-state index in [-0.39, 0.29) is 5.97 Å². The topological polar surface area (TPSA) is 87.1 Å². The molecule has 7 heteroatoms. The molecule has 1 N–H and O–H groups in total. The van der Waals surface area contributed by atoms with E-state index in [9.17, 15) is 4.79 Å². The van der Waals surface area contributed by atoms with E-state index >= 15 is 0 Å². The van der Waals surface area contributed by atoms with Crippen molar-refractivity contribution in [2.24, 2.45) is 5.11 Å². The Morgan fingerprint density at radius 1 is 1.71 bits per heavy atom. The predicted octanol–water partition coefficient (Wildman–Crippen LogP) is 1.72. The molecule has 1 saturated heterocycles. The van der Waals surface area contributed by atoms with Crippen LogP contribution in [0.15, 0.2) is 5.11 Å². The summed E-state index contributed by atoms with van der Waals surface area (Å²) in [6, 6.07) is 0. The third kappa shape index (κ3) is 4.11. The second kappa shape index (κ2) is 7.42. The molecule has 0 aromatic heterocycles. The molecule has 1 aliphatic heterocycles. The molecule has 0 saturated carbocycles. The minimum Gasteiger partial charge on any atom is -0.465 e. The highest BCUT2D eigenvalue weighted by Gasteiger charge is 2.42. The number of carbonyl (C=O) groups excluding carboxylic acids is 1. The minimum absolute atomic E-state index is 0.159. The van der Waals surface area contributed by atoms with Crippen molar-refractivity contribution in [3.8, 4) is 0 Å². The molecule has 96 valence electrons. The summed E-state index contributed by atoms with van der Waals surface area (Å²) in [5, 5.41) is 6.72. The van der Waals surface area contributed by atoms with Crippen LogP contribution in [0.5, 0.6) is 0 Å². The lowest BCUT2D eigenvalue weighted by atomic mass is 9.99. The van der Waals surface area contributed by atoms with Gasteiger partial charge in [-0.05, 0) is 37.6 Å². The molecule has 1 unspecified atom stereocenters. The maximum absolute atomic E-state index is 11.9. The van der Waals surface area contributed by atoms with Crippen molar-refractivity contribution in [1.82, 2.24) is 5.32 Å². The highest BCUT2D eigenvalue weighted by molar-refractivity contribution is 7.99. The van der Waals surface area contributed by atoms with Crippen LogP contribution in [0.1, 0.15) is 19.8 Å². The maximum atomic E-state index is 11.9. The zero-order chi connectivity index (χ0) is 12.6. The number of azide groups is 1.